The Morgan fingerprint density at radius 3 is 2.35 bits per heavy atom. The summed E-state index contributed by atoms with van der Waals surface area (Å²) in [5.74, 6) is -1.59. The Morgan fingerprint density at radius 2 is 1.91 bits per heavy atom. The molecule has 0 atom stereocenters. The first kappa shape index (κ1) is 17.8. The standard InChI is InChI=1S/C14H16N4O5/c1-3-5-16(6-4-2)12(19)9-17-8-10(18(22)23)7-11(13(15)20)14(17)21/h3-4,7-8H,1-2,5-6,9H2,(H2,15,20). The smallest absolute Gasteiger partial charge is 0.286 e. The number of nitro groups is 1. The van der Waals surface area contributed by atoms with E-state index in [0.717, 1.165) is 16.8 Å². The first-order valence-corrected chi connectivity index (χ1v) is 6.50. The van der Waals surface area contributed by atoms with E-state index in [-0.39, 0.29) is 13.1 Å². The van der Waals surface area contributed by atoms with Gasteiger partial charge >= 0.3 is 0 Å². The van der Waals surface area contributed by atoms with Crippen molar-refractivity contribution >= 4 is 17.5 Å². The van der Waals surface area contributed by atoms with E-state index in [4.69, 9.17) is 5.73 Å². The number of nitrogens with zero attached hydrogens (tertiary/aromatic N) is 3. The summed E-state index contributed by atoms with van der Waals surface area (Å²) in [5, 5.41) is 10.9. The van der Waals surface area contributed by atoms with Crippen molar-refractivity contribution in [3.05, 3.63) is 63.6 Å². The highest BCUT2D eigenvalue weighted by Crippen LogP contribution is 2.10. The van der Waals surface area contributed by atoms with Crippen LogP contribution in [0.2, 0.25) is 0 Å². The zero-order valence-electron chi connectivity index (χ0n) is 12.3. The van der Waals surface area contributed by atoms with Gasteiger partial charge in [-0.2, -0.15) is 0 Å². The van der Waals surface area contributed by atoms with Crippen LogP contribution in [0.5, 0.6) is 0 Å². The van der Waals surface area contributed by atoms with E-state index < -0.39 is 40.1 Å². The zero-order chi connectivity index (χ0) is 17.6. The van der Waals surface area contributed by atoms with Gasteiger partial charge in [-0.25, -0.2) is 0 Å². The lowest BCUT2D eigenvalue weighted by atomic mass is 10.2. The Morgan fingerprint density at radius 1 is 1.35 bits per heavy atom. The lowest BCUT2D eigenvalue weighted by Gasteiger charge is -2.19. The highest BCUT2D eigenvalue weighted by molar-refractivity contribution is 5.93. The van der Waals surface area contributed by atoms with Crippen molar-refractivity contribution in [2.75, 3.05) is 13.1 Å². The minimum atomic E-state index is -1.10. The minimum Gasteiger partial charge on any atom is -0.365 e. The summed E-state index contributed by atoms with van der Waals surface area (Å²) in [7, 11) is 0. The van der Waals surface area contributed by atoms with E-state index in [1.54, 1.807) is 0 Å². The number of pyridine rings is 1. The molecule has 0 saturated heterocycles. The van der Waals surface area contributed by atoms with Gasteiger partial charge in [0.05, 0.1) is 11.1 Å². The molecule has 0 aromatic carbocycles. The maximum absolute atomic E-state index is 12.2. The zero-order valence-corrected chi connectivity index (χ0v) is 12.3. The van der Waals surface area contributed by atoms with Crippen molar-refractivity contribution < 1.29 is 14.5 Å². The third-order valence-corrected chi connectivity index (χ3v) is 2.91. The SMILES string of the molecule is C=CCN(CC=C)C(=O)Cn1cc([N+](=O)[O-])cc(C(N)=O)c1=O. The molecule has 0 saturated carbocycles. The first-order valence-electron chi connectivity index (χ1n) is 6.50. The fourth-order valence-electron chi connectivity index (χ4n) is 1.85. The summed E-state index contributed by atoms with van der Waals surface area (Å²) < 4.78 is 0.791. The fraction of sp³-hybridized carbons (Fsp3) is 0.214. The summed E-state index contributed by atoms with van der Waals surface area (Å²) in [6.07, 6.45) is 3.88. The average Bonchev–Trinajstić information content (AvgIpc) is 2.48. The van der Waals surface area contributed by atoms with Crippen LogP contribution in [0.25, 0.3) is 0 Å². The topological polar surface area (TPSA) is 129 Å². The van der Waals surface area contributed by atoms with E-state index in [1.807, 2.05) is 0 Å². The van der Waals surface area contributed by atoms with Crippen LogP contribution in [0.3, 0.4) is 0 Å². The predicted octanol–water partition coefficient (Wildman–Crippen LogP) is 0.0560. The van der Waals surface area contributed by atoms with Crippen LogP contribution in [0.4, 0.5) is 5.69 Å². The number of hydrogen-bond acceptors (Lipinski definition) is 5. The number of rotatable bonds is 8. The van der Waals surface area contributed by atoms with Crippen molar-refractivity contribution in [2.24, 2.45) is 5.73 Å². The van der Waals surface area contributed by atoms with Gasteiger partial charge < -0.3 is 10.6 Å². The highest BCUT2D eigenvalue weighted by atomic mass is 16.6. The Bertz CT molecular complexity index is 712. The van der Waals surface area contributed by atoms with E-state index in [9.17, 15) is 24.5 Å². The molecule has 0 aliphatic rings. The van der Waals surface area contributed by atoms with Gasteiger partial charge in [-0.05, 0) is 0 Å². The molecule has 2 amide bonds. The maximum atomic E-state index is 12.2. The number of carbonyl (C=O) groups is 2. The molecular formula is C14H16N4O5. The van der Waals surface area contributed by atoms with E-state index in [0.29, 0.717) is 0 Å². The number of primary amides is 1. The van der Waals surface area contributed by atoms with Gasteiger partial charge in [-0.15, -0.1) is 13.2 Å². The molecule has 0 radical (unpaired) electrons. The van der Waals surface area contributed by atoms with Crippen LogP contribution in [-0.4, -0.2) is 39.3 Å². The number of nitrogens with two attached hydrogens (primary N) is 1. The molecule has 0 aliphatic heterocycles. The number of aromatic nitrogens is 1. The van der Waals surface area contributed by atoms with Crippen molar-refractivity contribution in [1.29, 1.82) is 0 Å². The number of carbonyl (C=O) groups excluding carboxylic acids is 2. The Balaban J connectivity index is 3.25. The van der Waals surface area contributed by atoms with Crippen LogP contribution in [-0.2, 0) is 11.3 Å². The molecule has 1 rings (SSSR count). The number of amides is 2. The summed E-state index contributed by atoms with van der Waals surface area (Å²) in [6, 6.07) is 0.789. The fourth-order valence-corrected chi connectivity index (χ4v) is 1.85. The van der Waals surface area contributed by atoms with Crippen molar-refractivity contribution in [3.63, 3.8) is 0 Å². The molecule has 0 spiro atoms. The average molecular weight is 320 g/mol. The molecule has 1 heterocycles. The summed E-state index contributed by atoms with van der Waals surface area (Å²) in [5.41, 5.74) is 3.12. The van der Waals surface area contributed by atoms with Crippen LogP contribution in [0.15, 0.2) is 42.4 Å². The second-order valence-electron chi connectivity index (χ2n) is 4.54. The first-order chi connectivity index (χ1) is 10.8. The van der Waals surface area contributed by atoms with Crippen LogP contribution in [0.1, 0.15) is 10.4 Å². The Kier molecular flexibility index (Phi) is 5.95. The van der Waals surface area contributed by atoms with Crippen molar-refractivity contribution in [3.8, 4) is 0 Å². The van der Waals surface area contributed by atoms with Crippen LogP contribution >= 0.6 is 0 Å². The molecule has 0 unspecified atom stereocenters. The van der Waals surface area contributed by atoms with Crippen LogP contribution in [0, 0.1) is 10.1 Å². The second kappa shape index (κ2) is 7.69. The molecule has 9 nitrogen and oxygen atoms in total. The molecule has 0 bridgehead atoms. The number of hydrogen-bond donors (Lipinski definition) is 1. The Labute approximate surface area is 131 Å². The molecule has 122 valence electrons. The molecule has 23 heavy (non-hydrogen) atoms. The molecule has 2 N–H and O–H groups in total. The third-order valence-electron chi connectivity index (χ3n) is 2.91. The van der Waals surface area contributed by atoms with E-state index in [2.05, 4.69) is 13.2 Å². The quantitative estimate of drug-likeness (QED) is 0.411. The van der Waals surface area contributed by atoms with Gasteiger partial charge in [0.2, 0.25) is 5.91 Å². The molecule has 0 aliphatic carbocycles. The normalized spacial score (nSPS) is 9.91. The summed E-state index contributed by atoms with van der Waals surface area (Å²) in [6.45, 7) is 7.00. The van der Waals surface area contributed by atoms with E-state index >= 15 is 0 Å². The lowest BCUT2D eigenvalue weighted by molar-refractivity contribution is -0.385. The van der Waals surface area contributed by atoms with Gasteiger partial charge in [0, 0.05) is 19.2 Å². The van der Waals surface area contributed by atoms with Gasteiger partial charge in [-0.1, -0.05) is 12.2 Å². The molecule has 1 aromatic heterocycles. The van der Waals surface area contributed by atoms with Crippen molar-refractivity contribution in [2.45, 2.75) is 6.54 Å². The third kappa shape index (κ3) is 4.37. The second-order valence-corrected chi connectivity index (χ2v) is 4.54. The van der Waals surface area contributed by atoms with E-state index in [1.165, 1.54) is 17.1 Å². The van der Waals surface area contributed by atoms with Crippen LogP contribution < -0.4 is 11.3 Å². The largest absolute Gasteiger partial charge is 0.365 e. The van der Waals surface area contributed by atoms with Gasteiger partial charge in [0.1, 0.15) is 12.1 Å². The molecule has 1 aromatic rings. The molecular weight excluding hydrogens is 304 g/mol. The van der Waals surface area contributed by atoms with Gasteiger partial charge in [-0.3, -0.25) is 29.1 Å². The van der Waals surface area contributed by atoms with Gasteiger partial charge in [0.15, 0.2) is 0 Å². The molecule has 9 heteroatoms. The lowest BCUT2D eigenvalue weighted by Crippen LogP contribution is -2.38. The Hall–Kier alpha value is -3.23. The van der Waals surface area contributed by atoms with Gasteiger partial charge in [0.25, 0.3) is 17.2 Å². The maximum Gasteiger partial charge on any atom is 0.286 e. The highest BCUT2D eigenvalue weighted by Gasteiger charge is 2.20. The summed E-state index contributed by atoms with van der Waals surface area (Å²) in [4.78, 5) is 47.0. The summed E-state index contributed by atoms with van der Waals surface area (Å²) >= 11 is 0. The monoisotopic (exact) mass is 320 g/mol. The minimum absolute atomic E-state index is 0.219. The molecule has 0 fully saturated rings. The van der Waals surface area contributed by atoms with Crippen molar-refractivity contribution in [1.82, 2.24) is 9.47 Å². The predicted molar refractivity (Wildman–Crippen MR) is 82.8 cm³/mol.